The molecule has 1 aromatic carbocycles. The number of esters is 1. The Morgan fingerprint density at radius 1 is 1.21 bits per heavy atom. The summed E-state index contributed by atoms with van der Waals surface area (Å²) in [6.07, 6.45) is 1.94. The molecule has 2 heterocycles. The number of ether oxygens (including phenoxy) is 1. The van der Waals surface area contributed by atoms with Crippen LogP contribution < -0.4 is 10.6 Å². The number of anilines is 1. The quantitative estimate of drug-likeness (QED) is 0.554. The topological polar surface area (TPSA) is 100 Å². The van der Waals surface area contributed by atoms with Crippen LogP contribution in [0.1, 0.15) is 38.1 Å². The van der Waals surface area contributed by atoms with Gasteiger partial charge in [-0.1, -0.05) is 18.2 Å². The average molecular weight is 399 g/mol. The Hall–Kier alpha value is -3.13. The molecule has 2 amide bonds. The van der Waals surface area contributed by atoms with Gasteiger partial charge >= 0.3 is 5.97 Å². The predicted octanol–water partition coefficient (Wildman–Crippen LogP) is 3.26. The molecule has 2 aromatic heterocycles. The summed E-state index contributed by atoms with van der Waals surface area (Å²) in [6.45, 7) is 3.57. The predicted molar refractivity (Wildman–Crippen MR) is 109 cm³/mol. The maximum atomic E-state index is 12.6. The zero-order valence-corrected chi connectivity index (χ0v) is 16.7. The molecule has 0 spiro atoms. The lowest BCUT2D eigenvalue weighted by molar-refractivity contribution is -0.115. The minimum Gasteiger partial charge on any atom is -0.462 e. The fourth-order valence-electron chi connectivity index (χ4n) is 3.00. The van der Waals surface area contributed by atoms with Crippen molar-refractivity contribution in [2.24, 2.45) is 0 Å². The van der Waals surface area contributed by atoms with Crippen molar-refractivity contribution in [1.82, 2.24) is 10.3 Å². The van der Waals surface area contributed by atoms with Gasteiger partial charge in [-0.2, -0.15) is 0 Å². The number of H-pyrrole nitrogens is 1. The normalized spacial score (nSPS) is 10.7. The van der Waals surface area contributed by atoms with E-state index in [1.54, 1.807) is 20.0 Å². The van der Waals surface area contributed by atoms with Crippen LogP contribution in [0.3, 0.4) is 0 Å². The van der Waals surface area contributed by atoms with Crippen LogP contribution >= 0.6 is 11.3 Å². The van der Waals surface area contributed by atoms with Crippen LogP contribution in [0.4, 0.5) is 5.00 Å². The van der Waals surface area contributed by atoms with Gasteiger partial charge in [0.15, 0.2) is 0 Å². The fourth-order valence-corrected chi connectivity index (χ4v) is 4.16. The van der Waals surface area contributed by atoms with E-state index in [2.05, 4.69) is 15.6 Å². The van der Waals surface area contributed by atoms with Crippen LogP contribution in [0.5, 0.6) is 0 Å². The molecular weight excluding hydrogens is 378 g/mol. The van der Waals surface area contributed by atoms with Crippen molar-refractivity contribution in [1.29, 1.82) is 0 Å². The Morgan fingerprint density at radius 3 is 2.68 bits per heavy atom. The van der Waals surface area contributed by atoms with Crippen molar-refractivity contribution in [2.75, 3.05) is 19.0 Å². The Balaban J connectivity index is 1.88. The molecule has 0 radical (unpaired) electrons. The van der Waals surface area contributed by atoms with Gasteiger partial charge in [0.25, 0.3) is 5.91 Å². The number of hydrogen-bond donors (Lipinski definition) is 3. The summed E-state index contributed by atoms with van der Waals surface area (Å²) >= 11 is 1.06. The summed E-state index contributed by atoms with van der Waals surface area (Å²) in [5, 5.41) is 6.61. The summed E-state index contributed by atoms with van der Waals surface area (Å²) in [4.78, 5) is 40.6. The molecule has 7 nitrogen and oxygen atoms in total. The number of fused-ring (bicyclic) bond motifs is 1. The number of carbonyl (C=O) groups is 3. The standard InChI is InChI=1S/C20H21N3O4S/c1-4-27-20(26)16-11(2)17(18(25)21-3)28-19(16)23-15(24)9-12-10-22-14-8-6-5-7-13(12)14/h5-8,10,22H,4,9H2,1-3H3,(H,21,25)(H,23,24). The molecule has 8 heteroatoms. The molecule has 3 N–H and O–H groups in total. The first-order chi connectivity index (χ1) is 13.5. The molecule has 0 fully saturated rings. The van der Waals surface area contributed by atoms with Gasteiger partial charge in [0, 0.05) is 24.1 Å². The van der Waals surface area contributed by atoms with Gasteiger partial charge in [-0.3, -0.25) is 9.59 Å². The zero-order chi connectivity index (χ0) is 20.3. The average Bonchev–Trinajstić information content (AvgIpc) is 3.22. The second-order valence-electron chi connectivity index (χ2n) is 6.14. The minimum atomic E-state index is -0.561. The highest BCUT2D eigenvalue weighted by molar-refractivity contribution is 7.18. The number of thiophene rings is 1. The number of rotatable bonds is 6. The lowest BCUT2D eigenvalue weighted by atomic mass is 10.1. The SMILES string of the molecule is CCOC(=O)c1c(NC(=O)Cc2c[nH]c3ccccc23)sc(C(=O)NC)c1C. The van der Waals surface area contributed by atoms with E-state index < -0.39 is 5.97 Å². The van der Waals surface area contributed by atoms with Crippen LogP contribution in [0, 0.1) is 6.92 Å². The first-order valence-corrected chi connectivity index (χ1v) is 9.65. The maximum Gasteiger partial charge on any atom is 0.341 e. The van der Waals surface area contributed by atoms with Crippen LogP contribution in [0.25, 0.3) is 10.9 Å². The Bertz CT molecular complexity index is 1050. The molecule has 3 rings (SSSR count). The Morgan fingerprint density at radius 2 is 1.96 bits per heavy atom. The van der Waals surface area contributed by atoms with E-state index in [-0.39, 0.29) is 30.4 Å². The molecule has 3 aromatic rings. The molecule has 0 saturated carbocycles. The first kappa shape index (κ1) is 19.6. The summed E-state index contributed by atoms with van der Waals surface area (Å²) < 4.78 is 5.10. The summed E-state index contributed by atoms with van der Waals surface area (Å²) in [7, 11) is 1.51. The maximum absolute atomic E-state index is 12.6. The van der Waals surface area contributed by atoms with Crippen LogP contribution in [0.15, 0.2) is 30.5 Å². The molecule has 0 saturated heterocycles. The van der Waals surface area contributed by atoms with E-state index in [0.29, 0.717) is 15.4 Å². The van der Waals surface area contributed by atoms with Crippen molar-refractivity contribution < 1.29 is 19.1 Å². The van der Waals surface area contributed by atoms with E-state index >= 15 is 0 Å². The molecule has 0 unspecified atom stereocenters. The number of hydrogen-bond acceptors (Lipinski definition) is 5. The smallest absolute Gasteiger partial charge is 0.341 e. The Kier molecular flexibility index (Phi) is 5.79. The number of carbonyl (C=O) groups excluding carboxylic acids is 3. The molecule has 0 atom stereocenters. The third-order valence-electron chi connectivity index (χ3n) is 4.34. The third kappa shape index (κ3) is 3.77. The number of aromatic amines is 1. The third-order valence-corrected chi connectivity index (χ3v) is 5.54. The van der Waals surface area contributed by atoms with E-state index in [9.17, 15) is 14.4 Å². The van der Waals surface area contributed by atoms with Crippen LogP contribution in [0.2, 0.25) is 0 Å². The molecule has 0 aliphatic heterocycles. The largest absolute Gasteiger partial charge is 0.462 e. The molecule has 146 valence electrons. The van der Waals surface area contributed by atoms with Gasteiger partial charge in [-0.15, -0.1) is 11.3 Å². The second kappa shape index (κ2) is 8.26. The van der Waals surface area contributed by atoms with Gasteiger partial charge in [0.2, 0.25) is 5.91 Å². The molecule has 0 aliphatic rings. The molecule has 0 bridgehead atoms. The van der Waals surface area contributed by atoms with Crippen molar-refractivity contribution in [3.63, 3.8) is 0 Å². The number of aromatic nitrogens is 1. The van der Waals surface area contributed by atoms with Gasteiger partial charge in [0.05, 0.1) is 23.5 Å². The first-order valence-electron chi connectivity index (χ1n) is 8.83. The highest BCUT2D eigenvalue weighted by Crippen LogP contribution is 2.34. The lowest BCUT2D eigenvalue weighted by Crippen LogP contribution is -2.18. The molecular formula is C20H21N3O4S. The number of benzene rings is 1. The van der Waals surface area contributed by atoms with Crippen molar-refractivity contribution in [3.8, 4) is 0 Å². The fraction of sp³-hybridized carbons (Fsp3) is 0.250. The van der Waals surface area contributed by atoms with Gasteiger partial charge in [-0.25, -0.2) is 4.79 Å². The van der Waals surface area contributed by atoms with Crippen LogP contribution in [-0.4, -0.2) is 36.4 Å². The number of amides is 2. The van der Waals surface area contributed by atoms with E-state index in [4.69, 9.17) is 4.74 Å². The van der Waals surface area contributed by atoms with Crippen molar-refractivity contribution >= 4 is 45.0 Å². The zero-order valence-electron chi connectivity index (χ0n) is 15.8. The monoisotopic (exact) mass is 399 g/mol. The van der Waals surface area contributed by atoms with E-state index in [1.165, 1.54) is 7.05 Å². The molecule has 28 heavy (non-hydrogen) atoms. The van der Waals surface area contributed by atoms with Gasteiger partial charge < -0.3 is 20.4 Å². The number of nitrogens with one attached hydrogen (secondary N) is 3. The van der Waals surface area contributed by atoms with Gasteiger partial charge in [-0.05, 0) is 31.0 Å². The van der Waals surface area contributed by atoms with Crippen molar-refractivity contribution in [2.45, 2.75) is 20.3 Å². The second-order valence-corrected chi connectivity index (χ2v) is 7.16. The van der Waals surface area contributed by atoms with Crippen molar-refractivity contribution in [3.05, 3.63) is 52.0 Å². The Labute approximate surface area is 166 Å². The highest BCUT2D eigenvalue weighted by Gasteiger charge is 2.26. The minimum absolute atomic E-state index is 0.137. The molecule has 0 aliphatic carbocycles. The lowest BCUT2D eigenvalue weighted by Gasteiger charge is -2.07. The van der Waals surface area contributed by atoms with E-state index in [0.717, 1.165) is 27.8 Å². The van der Waals surface area contributed by atoms with E-state index in [1.807, 2.05) is 24.3 Å². The number of para-hydroxylation sites is 1. The van der Waals surface area contributed by atoms with Gasteiger partial charge in [0.1, 0.15) is 5.00 Å². The summed E-state index contributed by atoms with van der Waals surface area (Å²) in [5.41, 5.74) is 2.51. The van der Waals surface area contributed by atoms with Crippen LogP contribution in [-0.2, 0) is 16.0 Å². The highest BCUT2D eigenvalue weighted by atomic mass is 32.1. The summed E-state index contributed by atoms with van der Waals surface area (Å²) in [5.74, 6) is -1.15. The summed E-state index contributed by atoms with van der Waals surface area (Å²) in [6, 6.07) is 7.71.